The highest BCUT2D eigenvalue weighted by Crippen LogP contribution is 2.43. The lowest BCUT2D eigenvalue weighted by Gasteiger charge is -2.30. The van der Waals surface area contributed by atoms with Gasteiger partial charge in [-0.3, -0.25) is 14.7 Å². The Morgan fingerprint density at radius 3 is 2.77 bits per heavy atom. The van der Waals surface area contributed by atoms with Crippen molar-refractivity contribution in [2.45, 2.75) is 20.0 Å². The van der Waals surface area contributed by atoms with Gasteiger partial charge in [0.1, 0.15) is 24.0 Å². The molecular weight excluding hydrogens is 383 g/mol. The fourth-order valence-corrected chi connectivity index (χ4v) is 3.83. The molecule has 0 N–H and O–H groups in total. The molecule has 1 aromatic heterocycles. The number of hydrogen-bond donors (Lipinski definition) is 0. The lowest BCUT2D eigenvalue weighted by Crippen LogP contribution is -2.32. The monoisotopic (exact) mass is 402 g/mol. The molecule has 5 rings (SSSR count). The number of benzene rings is 2. The van der Waals surface area contributed by atoms with Gasteiger partial charge in [-0.05, 0) is 48.9 Å². The molecule has 2 aliphatic rings. The van der Waals surface area contributed by atoms with Crippen LogP contribution in [0.15, 0.2) is 60.5 Å². The van der Waals surface area contributed by atoms with Crippen LogP contribution in [-0.4, -0.2) is 22.4 Å². The smallest absolute Gasteiger partial charge is 0.231 e. The third-order valence-electron chi connectivity index (χ3n) is 5.28. The number of hydrogen-bond acceptors (Lipinski definition) is 5. The molecule has 2 aromatic carbocycles. The summed E-state index contributed by atoms with van der Waals surface area (Å²) < 4.78 is 25.0. The number of ketones is 1. The zero-order valence-electron chi connectivity index (χ0n) is 16.4. The number of rotatable bonds is 3. The first-order valence-electron chi connectivity index (χ1n) is 9.70. The van der Waals surface area contributed by atoms with Crippen molar-refractivity contribution in [3.8, 4) is 11.5 Å². The van der Waals surface area contributed by atoms with Gasteiger partial charge in [0.2, 0.25) is 5.78 Å². The molecule has 0 bridgehead atoms. The number of allylic oxidation sites excluding steroid dienone is 1. The molecule has 0 saturated heterocycles. The largest absolute Gasteiger partial charge is 0.477 e. The van der Waals surface area contributed by atoms with E-state index in [-0.39, 0.29) is 17.4 Å². The van der Waals surface area contributed by atoms with E-state index >= 15 is 0 Å². The highest BCUT2D eigenvalue weighted by molar-refractivity contribution is 6.15. The van der Waals surface area contributed by atoms with Gasteiger partial charge in [-0.15, -0.1) is 0 Å². The molecule has 0 saturated carbocycles. The number of aromatic nitrogens is 1. The second kappa shape index (κ2) is 7.39. The minimum atomic E-state index is -0.324. The lowest BCUT2D eigenvalue weighted by molar-refractivity contribution is 0.0865. The third kappa shape index (κ3) is 3.35. The maximum absolute atomic E-state index is 13.1. The Bertz CT molecular complexity index is 1160. The van der Waals surface area contributed by atoms with Gasteiger partial charge < -0.3 is 9.47 Å². The van der Waals surface area contributed by atoms with E-state index in [9.17, 15) is 9.18 Å². The maximum atomic E-state index is 13.1. The SMILES string of the molecule is Cc1c2c(cc3c1O/C(=C\c1ccc(F)cc1)C3=O)CN(Cc1ccccn1)CO2. The Kier molecular flexibility index (Phi) is 4.56. The van der Waals surface area contributed by atoms with Gasteiger partial charge in [0, 0.05) is 30.4 Å². The zero-order valence-corrected chi connectivity index (χ0v) is 16.4. The fourth-order valence-electron chi connectivity index (χ4n) is 3.83. The Balaban J connectivity index is 1.43. The Morgan fingerprint density at radius 2 is 2.00 bits per heavy atom. The molecule has 0 fully saturated rings. The number of carbonyl (C=O) groups is 1. The van der Waals surface area contributed by atoms with E-state index < -0.39 is 0 Å². The molecule has 0 amide bonds. The van der Waals surface area contributed by atoms with Gasteiger partial charge in [-0.2, -0.15) is 0 Å². The predicted octanol–water partition coefficient (Wildman–Crippen LogP) is 4.50. The Labute approximate surface area is 173 Å². The highest BCUT2D eigenvalue weighted by Gasteiger charge is 2.33. The predicted molar refractivity (Wildman–Crippen MR) is 109 cm³/mol. The van der Waals surface area contributed by atoms with Crippen LogP contribution in [0, 0.1) is 12.7 Å². The van der Waals surface area contributed by atoms with Crippen molar-refractivity contribution in [3.05, 3.63) is 94.3 Å². The third-order valence-corrected chi connectivity index (χ3v) is 5.28. The fraction of sp³-hybridized carbons (Fsp3) is 0.167. The second-order valence-corrected chi connectivity index (χ2v) is 7.44. The number of carbonyl (C=O) groups excluding carboxylic acids is 1. The first-order valence-corrected chi connectivity index (χ1v) is 9.70. The van der Waals surface area contributed by atoms with Crippen molar-refractivity contribution in [3.63, 3.8) is 0 Å². The molecule has 0 unspecified atom stereocenters. The van der Waals surface area contributed by atoms with E-state index in [0.29, 0.717) is 36.7 Å². The first-order chi connectivity index (χ1) is 14.6. The molecule has 0 aliphatic carbocycles. The van der Waals surface area contributed by atoms with E-state index in [0.717, 1.165) is 22.6 Å². The quantitative estimate of drug-likeness (QED) is 0.604. The number of halogens is 1. The van der Waals surface area contributed by atoms with Gasteiger partial charge in [0.05, 0.1) is 11.3 Å². The number of fused-ring (bicyclic) bond motifs is 2. The summed E-state index contributed by atoms with van der Waals surface area (Å²) in [4.78, 5) is 19.4. The molecule has 0 atom stereocenters. The van der Waals surface area contributed by atoms with Crippen LogP contribution < -0.4 is 9.47 Å². The molecule has 30 heavy (non-hydrogen) atoms. The van der Waals surface area contributed by atoms with E-state index in [1.54, 1.807) is 24.4 Å². The summed E-state index contributed by atoms with van der Waals surface area (Å²) in [6.45, 7) is 3.66. The van der Waals surface area contributed by atoms with Crippen molar-refractivity contribution in [2.75, 3.05) is 6.73 Å². The van der Waals surface area contributed by atoms with Crippen molar-refractivity contribution < 1.29 is 18.7 Å². The molecule has 2 aliphatic heterocycles. The summed E-state index contributed by atoms with van der Waals surface area (Å²) in [5, 5.41) is 0. The van der Waals surface area contributed by atoms with Crippen molar-refractivity contribution >= 4 is 11.9 Å². The van der Waals surface area contributed by atoms with E-state index in [1.165, 1.54) is 12.1 Å². The van der Waals surface area contributed by atoms with Gasteiger partial charge in [-0.1, -0.05) is 18.2 Å². The topological polar surface area (TPSA) is 51.7 Å². The lowest BCUT2D eigenvalue weighted by atomic mass is 10.00. The van der Waals surface area contributed by atoms with Crippen LogP contribution in [0.25, 0.3) is 6.08 Å². The van der Waals surface area contributed by atoms with Gasteiger partial charge in [0.25, 0.3) is 0 Å². The molecule has 0 radical (unpaired) electrons. The zero-order chi connectivity index (χ0) is 20.7. The summed E-state index contributed by atoms with van der Waals surface area (Å²) in [5.41, 5.74) is 3.96. The highest BCUT2D eigenvalue weighted by atomic mass is 19.1. The van der Waals surface area contributed by atoms with Crippen LogP contribution >= 0.6 is 0 Å². The van der Waals surface area contributed by atoms with Crippen molar-refractivity contribution in [1.82, 2.24) is 9.88 Å². The number of pyridine rings is 1. The van der Waals surface area contributed by atoms with Crippen LogP contribution in [0.3, 0.4) is 0 Å². The molecule has 0 spiro atoms. The average molecular weight is 402 g/mol. The van der Waals surface area contributed by atoms with E-state index in [4.69, 9.17) is 9.47 Å². The van der Waals surface area contributed by atoms with Crippen LogP contribution in [-0.2, 0) is 13.1 Å². The second-order valence-electron chi connectivity index (χ2n) is 7.44. The number of nitrogens with zero attached hydrogens (tertiary/aromatic N) is 2. The summed E-state index contributed by atoms with van der Waals surface area (Å²) in [7, 11) is 0. The minimum absolute atomic E-state index is 0.179. The Hall–Kier alpha value is -3.51. The maximum Gasteiger partial charge on any atom is 0.231 e. The first kappa shape index (κ1) is 18.5. The standard InChI is InChI=1S/C24H19FN2O3/c1-15-23-17(12-27(14-29-23)13-19-4-2-3-9-26-19)11-20-22(28)21(30-24(15)20)10-16-5-7-18(25)8-6-16/h2-11H,12-14H2,1H3/b21-10-. The van der Waals surface area contributed by atoms with Gasteiger partial charge in [-0.25, -0.2) is 4.39 Å². The minimum Gasteiger partial charge on any atom is -0.477 e. The van der Waals surface area contributed by atoms with Crippen molar-refractivity contribution in [2.24, 2.45) is 0 Å². The number of Topliss-reactive ketones (excluding diaryl/α,β-unsaturated/α-hetero) is 1. The summed E-state index contributed by atoms with van der Waals surface area (Å²) in [6, 6.07) is 13.6. The van der Waals surface area contributed by atoms with Crippen LogP contribution in [0.4, 0.5) is 4.39 Å². The number of ether oxygens (including phenoxy) is 2. The van der Waals surface area contributed by atoms with Gasteiger partial charge >= 0.3 is 0 Å². The van der Waals surface area contributed by atoms with Crippen LogP contribution in [0.2, 0.25) is 0 Å². The van der Waals surface area contributed by atoms with Crippen LogP contribution in [0.5, 0.6) is 11.5 Å². The Morgan fingerprint density at radius 1 is 1.17 bits per heavy atom. The summed E-state index contributed by atoms with van der Waals surface area (Å²) in [5.74, 6) is 1.02. The average Bonchev–Trinajstić information content (AvgIpc) is 3.06. The van der Waals surface area contributed by atoms with E-state index in [1.807, 2.05) is 31.2 Å². The van der Waals surface area contributed by atoms with Crippen LogP contribution in [0.1, 0.15) is 32.7 Å². The molecule has 3 aromatic rings. The summed E-state index contributed by atoms with van der Waals surface area (Å²) >= 11 is 0. The molecule has 3 heterocycles. The normalized spacial score (nSPS) is 16.7. The molecule has 6 heteroatoms. The molecule has 150 valence electrons. The molecular formula is C24H19FN2O3. The van der Waals surface area contributed by atoms with Gasteiger partial charge in [0.15, 0.2) is 5.76 Å². The van der Waals surface area contributed by atoms with E-state index in [2.05, 4.69) is 9.88 Å². The molecule has 5 nitrogen and oxygen atoms in total. The van der Waals surface area contributed by atoms with Crippen molar-refractivity contribution in [1.29, 1.82) is 0 Å². The summed E-state index contributed by atoms with van der Waals surface area (Å²) in [6.07, 6.45) is 3.41.